The summed E-state index contributed by atoms with van der Waals surface area (Å²) in [5.74, 6) is 0.625. The molecule has 0 fully saturated rings. The highest BCUT2D eigenvalue weighted by Gasteiger charge is 2.11. The van der Waals surface area contributed by atoms with Crippen LogP contribution in [0.15, 0.2) is 42.6 Å². The second kappa shape index (κ2) is 5.52. The van der Waals surface area contributed by atoms with Crippen molar-refractivity contribution in [3.63, 3.8) is 0 Å². The standard InChI is InChI=1S/C14H12ClN3/c1-18(10-11-5-3-2-4-6-11)14-13(15)12(9-16)7-8-17-14/h2-8H,10H2,1H3. The lowest BCUT2D eigenvalue weighted by atomic mass is 10.2. The number of hydrogen-bond donors (Lipinski definition) is 0. The van der Waals surface area contributed by atoms with E-state index < -0.39 is 0 Å². The van der Waals surface area contributed by atoms with Crippen LogP contribution in [-0.4, -0.2) is 12.0 Å². The molecule has 0 amide bonds. The molecule has 18 heavy (non-hydrogen) atoms. The summed E-state index contributed by atoms with van der Waals surface area (Å²) in [6.45, 7) is 0.697. The fraction of sp³-hybridized carbons (Fsp3) is 0.143. The van der Waals surface area contributed by atoms with E-state index in [4.69, 9.17) is 16.9 Å². The predicted molar refractivity (Wildman–Crippen MR) is 72.5 cm³/mol. The molecule has 0 N–H and O–H groups in total. The normalized spacial score (nSPS) is 9.83. The van der Waals surface area contributed by atoms with Crippen LogP contribution in [0.25, 0.3) is 0 Å². The Labute approximate surface area is 111 Å². The number of nitriles is 1. The number of pyridine rings is 1. The van der Waals surface area contributed by atoms with E-state index >= 15 is 0 Å². The number of hydrogen-bond acceptors (Lipinski definition) is 3. The maximum atomic E-state index is 8.93. The van der Waals surface area contributed by atoms with Gasteiger partial charge in [-0.25, -0.2) is 4.98 Å². The third kappa shape index (κ3) is 2.61. The lowest BCUT2D eigenvalue weighted by Crippen LogP contribution is -2.18. The molecule has 0 aliphatic rings. The van der Waals surface area contributed by atoms with Crippen LogP contribution in [0.2, 0.25) is 5.02 Å². The molecule has 0 atom stereocenters. The Balaban J connectivity index is 2.25. The molecular formula is C14H12ClN3. The van der Waals surface area contributed by atoms with Crippen molar-refractivity contribution < 1.29 is 0 Å². The zero-order valence-corrected chi connectivity index (χ0v) is 10.7. The minimum atomic E-state index is 0.401. The smallest absolute Gasteiger partial charge is 0.148 e. The first-order valence-corrected chi connectivity index (χ1v) is 5.90. The Kier molecular flexibility index (Phi) is 3.81. The molecular weight excluding hydrogens is 246 g/mol. The molecule has 0 saturated carbocycles. The van der Waals surface area contributed by atoms with Gasteiger partial charge in [0.2, 0.25) is 0 Å². The van der Waals surface area contributed by atoms with Gasteiger partial charge in [-0.15, -0.1) is 0 Å². The molecule has 0 radical (unpaired) electrons. The van der Waals surface area contributed by atoms with Gasteiger partial charge in [0.05, 0.1) is 5.56 Å². The first-order chi connectivity index (χ1) is 8.72. The van der Waals surface area contributed by atoms with Crippen molar-refractivity contribution in [3.8, 4) is 6.07 Å². The highest BCUT2D eigenvalue weighted by atomic mass is 35.5. The van der Waals surface area contributed by atoms with Crippen molar-refractivity contribution in [2.45, 2.75) is 6.54 Å². The highest BCUT2D eigenvalue weighted by molar-refractivity contribution is 6.34. The zero-order valence-electron chi connectivity index (χ0n) is 9.97. The van der Waals surface area contributed by atoms with Gasteiger partial charge >= 0.3 is 0 Å². The SMILES string of the molecule is CN(Cc1ccccc1)c1nccc(C#N)c1Cl. The van der Waals surface area contributed by atoms with Gasteiger partial charge in [-0.05, 0) is 11.6 Å². The maximum Gasteiger partial charge on any atom is 0.148 e. The van der Waals surface area contributed by atoms with Gasteiger partial charge in [-0.2, -0.15) is 5.26 Å². The van der Waals surface area contributed by atoms with Crippen molar-refractivity contribution in [2.24, 2.45) is 0 Å². The highest BCUT2D eigenvalue weighted by Crippen LogP contribution is 2.26. The van der Waals surface area contributed by atoms with Crippen LogP contribution in [0.5, 0.6) is 0 Å². The number of nitrogens with zero attached hydrogens (tertiary/aromatic N) is 3. The summed E-state index contributed by atoms with van der Waals surface area (Å²) in [7, 11) is 1.91. The summed E-state index contributed by atoms with van der Waals surface area (Å²) < 4.78 is 0. The lowest BCUT2D eigenvalue weighted by Gasteiger charge is -2.19. The second-order valence-corrected chi connectivity index (χ2v) is 4.33. The van der Waals surface area contributed by atoms with Gasteiger partial charge in [0.1, 0.15) is 16.9 Å². The number of halogens is 1. The largest absolute Gasteiger partial charge is 0.354 e. The van der Waals surface area contributed by atoms with E-state index in [9.17, 15) is 0 Å². The average Bonchev–Trinajstić information content (AvgIpc) is 2.40. The first-order valence-electron chi connectivity index (χ1n) is 5.52. The van der Waals surface area contributed by atoms with Crippen LogP contribution in [0.3, 0.4) is 0 Å². The Hall–Kier alpha value is -2.05. The molecule has 4 heteroatoms. The summed E-state index contributed by atoms with van der Waals surface area (Å²) in [5, 5.41) is 9.33. The molecule has 0 bridgehead atoms. The molecule has 1 heterocycles. The molecule has 3 nitrogen and oxygen atoms in total. The van der Waals surface area contributed by atoms with Crippen LogP contribution in [-0.2, 0) is 6.54 Å². The summed E-state index contributed by atoms with van der Waals surface area (Å²) in [6, 6.07) is 13.7. The van der Waals surface area contributed by atoms with Gasteiger partial charge in [0.25, 0.3) is 0 Å². The van der Waals surface area contributed by atoms with Crippen molar-refractivity contribution in [1.29, 1.82) is 5.26 Å². The van der Waals surface area contributed by atoms with E-state index in [-0.39, 0.29) is 0 Å². The summed E-state index contributed by atoms with van der Waals surface area (Å²) >= 11 is 6.14. The molecule has 0 spiro atoms. The van der Waals surface area contributed by atoms with Crippen molar-refractivity contribution in [2.75, 3.05) is 11.9 Å². The fourth-order valence-corrected chi connectivity index (χ4v) is 2.02. The first kappa shape index (κ1) is 12.4. The average molecular weight is 258 g/mol. The Morgan fingerprint density at radius 1 is 1.28 bits per heavy atom. The second-order valence-electron chi connectivity index (χ2n) is 3.95. The number of rotatable bonds is 3. The van der Waals surface area contributed by atoms with E-state index in [0.29, 0.717) is 22.9 Å². The van der Waals surface area contributed by atoms with Gasteiger partial charge in [-0.3, -0.25) is 0 Å². The van der Waals surface area contributed by atoms with Crippen LogP contribution in [0, 0.1) is 11.3 Å². The monoisotopic (exact) mass is 257 g/mol. The molecule has 1 aromatic carbocycles. The Morgan fingerprint density at radius 3 is 2.67 bits per heavy atom. The third-order valence-corrected chi connectivity index (χ3v) is 2.99. The predicted octanol–water partition coefficient (Wildman–Crippen LogP) is 3.24. The van der Waals surface area contributed by atoms with Crippen molar-refractivity contribution >= 4 is 17.4 Å². The fourth-order valence-electron chi connectivity index (χ4n) is 1.72. The van der Waals surface area contributed by atoms with E-state index in [1.807, 2.05) is 42.3 Å². The molecule has 90 valence electrons. The van der Waals surface area contributed by atoms with Crippen molar-refractivity contribution in [1.82, 2.24) is 4.98 Å². The topological polar surface area (TPSA) is 39.9 Å². The van der Waals surface area contributed by atoms with E-state index in [2.05, 4.69) is 11.1 Å². The minimum absolute atomic E-state index is 0.401. The summed E-state index contributed by atoms with van der Waals surface area (Å²) in [4.78, 5) is 6.15. The molecule has 2 rings (SSSR count). The van der Waals surface area contributed by atoms with Crippen LogP contribution >= 0.6 is 11.6 Å². The molecule has 0 aliphatic heterocycles. The Bertz CT molecular complexity index is 575. The van der Waals surface area contributed by atoms with Gasteiger partial charge < -0.3 is 4.90 Å². The van der Waals surface area contributed by atoms with E-state index in [0.717, 1.165) is 0 Å². The quantitative estimate of drug-likeness (QED) is 0.847. The molecule has 2 aromatic rings. The summed E-state index contributed by atoms with van der Waals surface area (Å²) in [5.41, 5.74) is 1.61. The summed E-state index contributed by atoms with van der Waals surface area (Å²) in [6.07, 6.45) is 1.60. The molecule has 0 unspecified atom stereocenters. The van der Waals surface area contributed by atoms with Crippen molar-refractivity contribution in [3.05, 3.63) is 58.7 Å². The van der Waals surface area contributed by atoms with Gasteiger partial charge in [-0.1, -0.05) is 41.9 Å². The van der Waals surface area contributed by atoms with Crippen LogP contribution < -0.4 is 4.90 Å². The van der Waals surface area contributed by atoms with Gasteiger partial charge in [0, 0.05) is 19.8 Å². The maximum absolute atomic E-state index is 8.93. The number of benzene rings is 1. The lowest BCUT2D eigenvalue weighted by molar-refractivity contribution is 0.897. The van der Waals surface area contributed by atoms with Gasteiger partial charge in [0.15, 0.2) is 0 Å². The molecule has 0 aliphatic carbocycles. The van der Waals surface area contributed by atoms with E-state index in [1.165, 1.54) is 5.56 Å². The zero-order chi connectivity index (χ0) is 13.0. The molecule has 1 aromatic heterocycles. The molecule has 0 saturated heterocycles. The Morgan fingerprint density at radius 2 is 2.00 bits per heavy atom. The number of anilines is 1. The number of aromatic nitrogens is 1. The third-order valence-electron chi connectivity index (χ3n) is 2.62. The van der Waals surface area contributed by atoms with E-state index in [1.54, 1.807) is 12.3 Å². The van der Waals surface area contributed by atoms with Crippen LogP contribution in [0.1, 0.15) is 11.1 Å². The van der Waals surface area contributed by atoms with Crippen LogP contribution in [0.4, 0.5) is 5.82 Å². The minimum Gasteiger partial charge on any atom is -0.354 e.